The first-order valence-corrected chi connectivity index (χ1v) is 7.91. The Hall–Kier alpha value is -1.69. The van der Waals surface area contributed by atoms with Crippen LogP contribution in [0.4, 0.5) is 0 Å². The normalized spacial score (nSPS) is 19.2. The van der Waals surface area contributed by atoms with E-state index in [1.807, 2.05) is 4.90 Å². The Labute approximate surface area is 122 Å². The molecule has 1 atom stereocenters. The summed E-state index contributed by atoms with van der Waals surface area (Å²) in [6.45, 7) is 0.834. The lowest BCUT2D eigenvalue weighted by atomic mass is 9.97. The van der Waals surface area contributed by atoms with Gasteiger partial charge in [0.05, 0.1) is 6.20 Å². The number of aromatic amines is 1. The average molecular weight is 290 g/mol. The fourth-order valence-electron chi connectivity index (χ4n) is 2.78. The van der Waals surface area contributed by atoms with Crippen molar-refractivity contribution >= 4 is 17.2 Å². The highest BCUT2D eigenvalue weighted by Gasteiger charge is 2.28. The van der Waals surface area contributed by atoms with Gasteiger partial charge in [-0.15, -0.1) is 11.3 Å². The first-order chi connectivity index (χ1) is 9.84. The third kappa shape index (κ3) is 2.90. The molecule has 0 saturated carbocycles. The van der Waals surface area contributed by atoms with Crippen molar-refractivity contribution in [2.24, 2.45) is 0 Å². The van der Waals surface area contributed by atoms with E-state index in [1.54, 1.807) is 11.3 Å². The van der Waals surface area contributed by atoms with Gasteiger partial charge in [-0.2, -0.15) is 15.4 Å². The number of amides is 1. The molecule has 1 aliphatic rings. The van der Waals surface area contributed by atoms with Crippen LogP contribution in [0.1, 0.15) is 41.0 Å². The summed E-state index contributed by atoms with van der Waals surface area (Å²) in [5.74, 6) is 0.00892. The molecule has 2 aromatic heterocycles. The molecular weight excluding hydrogens is 272 g/mol. The predicted molar refractivity (Wildman–Crippen MR) is 77.7 cm³/mol. The van der Waals surface area contributed by atoms with E-state index in [4.69, 9.17) is 0 Å². The Kier molecular flexibility index (Phi) is 4.11. The second-order valence-electron chi connectivity index (χ2n) is 5.12. The van der Waals surface area contributed by atoms with E-state index in [9.17, 15) is 4.79 Å². The van der Waals surface area contributed by atoms with Gasteiger partial charge in [-0.3, -0.25) is 4.79 Å². The second kappa shape index (κ2) is 6.17. The minimum absolute atomic E-state index is 0.00892. The minimum atomic E-state index is 0.00892. The van der Waals surface area contributed by atoms with Crippen LogP contribution in [0.3, 0.4) is 0 Å². The number of rotatable bonds is 4. The van der Waals surface area contributed by atoms with Crippen molar-refractivity contribution < 1.29 is 4.79 Å². The largest absolute Gasteiger partial charge is 0.334 e. The van der Waals surface area contributed by atoms with Gasteiger partial charge in [0.2, 0.25) is 0 Å². The monoisotopic (exact) mass is 290 g/mol. The van der Waals surface area contributed by atoms with Crippen molar-refractivity contribution in [1.82, 2.24) is 20.3 Å². The van der Waals surface area contributed by atoms with E-state index < -0.39 is 0 Å². The summed E-state index contributed by atoms with van der Waals surface area (Å²) in [6, 6.07) is 4.58. The molecule has 1 amide bonds. The van der Waals surface area contributed by atoms with Gasteiger partial charge in [0, 0.05) is 17.5 Å². The summed E-state index contributed by atoms with van der Waals surface area (Å²) in [6.07, 6.45) is 6.97. The van der Waals surface area contributed by atoms with Gasteiger partial charge in [-0.25, -0.2) is 0 Å². The predicted octanol–water partition coefficient (Wildman–Crippen LogP) is 2.49. The quantitative estimate of drug-likeness (QED) is 0.941. The van der Waals surface area contributed by atoms with Crippen molar-refractivity contribution in [1.29, 1.82) is 0 Å². The summed E-state index contributed by atoms with van der Waals surface area (Å²) in [7, 11) is 0. The Morgan fingerprint density at radius 2 is 2.45 bits per heavy atom. The first kappa shape index (κ1) is 13.3. The fraction of sp³-hybridized carbons (Fsp3) is 0.500. The molecular formula is C14H18N4OS. The van der Waals surface area contributed by atoms with Crippen LogP contribution < -0.4 is 0 Å². The van der Waals surface area contributed by atoms with Crippen LogP contribution in [0, 0.1) is 0 Å². The van der Waals surface area contributed by atoms with E-state index in [-0.39, 0.29) is 5.91 Å². The zero-order valence-corrected chi connectivity index (χ0v) is 12.1. The molecule has 3 rings (SSSR count). The van der Waals surface area contributed by atoms with Gasteiger partial charge >= 0.3 is 0 Å². The molecule has 0 bridgehead atoms. The lowest BCUT2D eigenvalue weighted by Crippen LogP contribution is -2.44. The number of hydrogen-bond donors (Lipinski definition) is 1. The van der Waals surface area contributed by atoms with E-state index in [2.05, 4.69) is 32.9 Å². The summed E-state index contributed by atoms with van der Waals surface area (Å²) < 4.78 is 0. The summed E-state index contributed by atoms with van der Waals surface area (Å²) >= 11 is 1.79. The molecule has 1 aliphatic heterocycles. The van der Waals surface area contributed by atoms with Gasteiger partial charge in [-0.1, -0.05) is 6.07 Å². The number of likely N-dealkylation sites (tertiary alicyclic amines) is 1. The number of H-pyrrole nitrogens is 1. The van der Waals surface area contributed by atoms with Crippen molar-refractivity contribution in [2.45, 2.75) is 38.1 Å². The minimum Gasteiger partial charge on any atom is -0.334 e. The topological polar surface area (TPSA) is 61.9 Å². The molecule has 1 N–H and O–H groups in total. The number of nitrogens with zero attached hydrogens (tertiary/aromatic N) is 3. The second-order valence-corrected chi connectivity index (χ2v) is 6.15. The Morgan fingerprint density at radius 1 is 1.50 bits per heavy atom. The van der Waals surface area contributed by atoms with Gasteiger partial charge in [-0.05, 0) is 43.6 Å². The molecule has 1 saturated heterocycles. The van der Waals surface area contributed by atoms with E-state index >= 15 is 0 Å². The SMILES string of the molecule is O=C(c1cn[nH]n1)N1CCCC[C@@H]1CCc1cccs1. The van der Waals surface area contributed by atoms with E-state index in [0.29, 0.717) is 11.7 Å². The van der Waals surface area contributed by atoms with Crippen LogP contribution in [-0.2, 0) is 6.42 Å². The van der Waals surface area contributed by atoms with Crippen molar-refractivity contribution in [3.8, 4) is 0 Å². The number of thiophene rings is 1. The number of aromatic nitrogens is 3. The molecule has 5 nitrogen and oxygen atoms in total. The Bertz CT molecular complexity index is 538. The molecule has 0 radical (unpaired) electrons. The number of piperidine rings is 1. The summed E-state index contributed by atoms with van der Waals surface area (Å²) in [5, 5.41) is 12.3. The lowest BCUT2D eigenvalue weighted by molar-refractivity contribution is 0.0596. The van der Waals surface area contributed by atoms with Gasteiger partial charge in [0.1, 0.15) is 0 Å². The van der Waals surface area contributed by atoms with Crippen LogP contribution in [-0.4, -0.2) is 38.8 Å². The highest BCUT2D eigenvalue weighted by atomic mass is 32.1. The van der Waals surface area contributed by atoms with Crippen LogP contribution in [0.25, 0.3) is 0 Å². The number of aryl methyl sites for hydroxylation is 1. The number of carbonyl (C=O) groups is 1. The highest BCUT2D eigenvalue weighted by molar-refractivity contribution is 7.09. The molecule has 1 fully saturated rings. The molecule has 0 spiro atoms. The molecule has 0 aromatic carbocycles. The van der Waals surface area contributed by atoms with Gasteiger partial charge in [0.15, 0.2) is 5.69 Å². The van der Waals surface area contributed by atoms with Crippen LogP contribution in [0.5, 0.6) is 0 Å². The molecule has 0 aliphatic carbocycles. The summed E-state index contributed by atoms with van der Waals surface area (Å²) in [5.41, 5.74) is 0.424. The number of carbonyl (C=O) groups excluding carboxylic acids is 1. The zero-order valence-electron chi connectivity index (χ0n) is 11.3. The average Bonchev–Trinajstić information content (AvgIpc) is 3.18. The lowest BCUT2D eigenvalue weighted by Gasteiger charge is -2.35. The van der Waals surface area contributed by atoms with E-state index in [1.165, 1.54) is 17.5 Å². The molecule has 2 aromatic rings. The van der Waals surface area contributed by atoms with Crippen LogP contribution in [0.15, 0.2) is 23.7 Å². The van der Waals surface area contributed by atoms with Crippen molar-refractivity contribution in [2.75, 3.05) is 6.54 Å². The third-order valence-electron chi connectivity index (χ3n) is 3.83. The molecule has 20 heavy (non-hydrogen) atoms. The third-order valence-corrected chi connectivity index (χ3v) is 4.76. The highest BCUT2D eigenvalue weighted by Crippen LogP contribution is 2.23. The van der Waals surface area contributed by atoms with Gasteiger partial charge in [0.25, 0.3) is 5.91 Å². The molecule has 0 unspecified atom stereocenters. The summed E-state index contributed by atoms with van der Waals surface area (Å²) in [4.78, 5) is 15.8. The van der Waals surface area contributed by atoms with Crippen LogP contribution in [0.2, 0.25) is 0 Å². The van der Waals surface area contributed by atoms with E-state index in [0.717, 1.165) is 32.2 Å². The van der Waals surface area contributed by atoms with Crippen LogP contribution >= 0.6 is 11.3 Å². The molecule has 6 heteroatoms. The Balaban J connectivity index is 1.66. The maximum absolute atomic E-state index is 12.4. The Morgan fingerprint density at radius 3 is 3.20 bits per heavy atom. The standard InChI is InChI=1S/C14H18N4OS/c19-14(13-10-15-17-16-13)18-8-2-1-4-11(18)6-7-12-5-3-9-20-12/h3,5,9-11H,1-2,4,6-8H2,(H,15,16,17)/t11-/m1/s1. The zero-order chi connectivity index (χ0) is 13.8. The first-order valence-electron chi connectivity index (χ1n) is 7.04. The van der Waals surface area contributed by atoms with Gasteiger partial charge < -0.3 is 4.90 Å². The smallest absolute Gasteiger partial charge is 0.276 e. The molecule has 3 heterocycles. The maximum atomic E-state index is 12.4. The molecule has 106 valence electrons. The fourth-order valence-corrected chi connectivity index (χ4v) is 3.51. The van der Waals surface area contributed by atoms with Crippen molar-refractivity contribution in [3.05, 3.63) is 34.3 Å². The van der Waals surface area contributed by atoms with Crippen molar-refractivity contribution in [3.63, 3.8) is 0 Å². The number of hydrogen-bond acceptors (Lipinski definition) is 4. The number of nitrogens with one attached hydrogen (secondary N) is 1. The maximum Gasteiger partial charge on any atom is 0.276 e.